The molecule has 0 spiro atoms. The summed E-state index contributed by atoms with van der Waals surface area (Å²) in [6.45, 7) is 6.86. The third-order valence-electron chi connectivity index (χ3n) is 7.33. The third-order valence-corrected chi connectivity index (χ3v) is 7.57. The molecule has 0 bridgehead atoms. The van der Waals surface area contributed by atoms with Gasteiger partial charge in [-0.2, -0.15) is 0 Å². The van der Waals surface area contributed by atoms with Gasteiger partial charge < -0.3 is 15.0 Å². The lowest BCUT2D eigenvalue weighted by Crippen LogP contribution is -2.37. The van der Waals surface area contributed by atoms with Gasteiger partial charge in [0.2, 0.25) is 0 Å². The number of aryl methyl sites for hydroxylation is 1. The monoisotopic (exact) mass is 451 g/mol. The van der Waals surface area contributed by atoms with E-state index in [0.717, 1.165) is 67.0 Å². The first-order chi connectivity index (χ1) is 15.3. The average Bonchev–Trinajstić information content (AvgIpc) is 3.33. The predicted molar refractivity (Wildman–Crippen MR) is 131 cm³/mol. The molecule has 0 saturated heterocycles. The minimum Gasteiger partial charge on any atom is -0.383 e. The molecule has 2 N–H and O–H groups in total. The van der Waals surface area contributed by atoms with Gasteiger partial charge in [0, 0.05) is 17.1 Å². The highest BCUT2D eigenvalue weighted by atomic mass is 35.5. The predicted octanol–water partition coefficient (Wildman–Crippen LogP) is 5.71. The third kappa shape index (κ3) is 4.33. The Morgan fingerprint density at radius 1 is 1.06 bits per heavy atom. The molecule has 5 rings (SSSR count). The van der Waals surface area contributed by atoms with E-state index in [1.807, 2.05) is 19.9 Å². The van der Waals surface area contributed by atoms with Crippen LogP contribution in [0.3, 0.4) is 0 Å². The van der Waals surface area contributed by atoms with Gasteiger partial charge in [0.05, 0.1) is 11.0 Å². The summed E-state index contributed by atoms with van der Waals surface area (Å²) >= 11 is 6.17. The first-order valence-electron chi connectivity index (χ1n) is 12.0. The van der Waals surface area contributed by atoms with E-state index in [9.17, 15) is 5.11 Å². The Hall–Kier alpha value is -1.88. The molecule has 1 fully saturated rings. The van der Waals surface area contributed by atoms with Gasteiger partial charge >= 0.3 is 0 Å². The summed E-state index contributed by atoms with van der Waals surface area (Å²) in [5, 5.41) is 15.5. The number of imidazole rings is 1. The number of nitrogens with one attached hydrogen (secondary N) is 1. The van der Waals surface area contributed by atoms with Crippen LogP contribution in [0.25, 0.3) is 11.0 Å². The molecule has 2 aliphatic rings. The number of rotatable bonds is 5. The van der Waals surface area contributed by atoms with Crippen LogP contribution in [0.2, 0.25) is 5.02 Å². The molecule has 5 heteroatoms. The van der Waals surface area contributed by atoms with E-state index < -0.39 is 5.60 Å². The number of halogens is 1. The largest absolute Gasteiger partial charge is 0.383 e. The summed E-state index contributed by atoms with van der Waals surface area (Å²) in [6.07, 6.45) is 6.83. The lowest BCUT2D eigenvalue weighted by molar-refractivity contribution is 0.0620. The average molecular weight is 452 g/mol. The van der Waals surface area contributed by atoms with Crippen molar-refractivity contribution in [2.45, 2.75) is 77.0 Å². The van der Waals surface area contributed by atoms with Gasteiger partial charge in [0.1, 0.15) is 11.4 Å². The zero-order valence-corrected chi connectivity index (χ0v) is 20.1. The molecule has 4 nitrogen and oxygen atoms in total. The maximum Gasteiger partial charge on any atom is 0.141 e. The fraction of sp³-hybridized carbons (Fsp3) is 0.519. The van der Waals surface area contributed by atoms with Gasteiger partial charge in [-0.15, -0.1) is 0 Å². The molecule has 1 atom stereocenters. The molecule has 2 aromatic carbocycles. The molecule has 1 saturated carbocycles. The summed E-state index contributed by atoms with van der Waals surface area (Å²) in [6, 6.07) is 13.7. The lowest BCUT2D eigenvalue weighted by Gasteiger charge is -2.33. The second-order valence-electron chi connectivity index (χ2n) is 10.5. The van der Waals surface area contributed by atoms with E-state index >= 15 is 0 Å². The minimum absolute atomic E-state index is 0.389. The normalized spacial score (nSPS) is 23.6. The van der Waals surface area contributed by atoms with Crippen LogP contribution in [0.5, 0.6) is 0 Å². The zero-order chi connectivity index (χ0) is 22.5. The van der Waals surface area contributed by atoms with Crippen molar-refractivity contribution in [3.05, 3.63) is 63.9 Å². The molecule has 32 heavy (non-hydrogen) atoms. The topological polar surface area (TPSA) is 50.1 Å². The number of benzene rings is 2. The second-order valence-corrected chi connectivity index (χ2v) is 10.9. The zero-order valence-electron chi connectivity index (χ0n) is 19.4. The SMILES string of the molecule is Cc1ccc2c(c1)nc(C(C)(C)O)n2[C@H]1CC[C@H](NCC2Cc3ccc(Cl)cc3C2)CC1. The van der Waals surface area contributed by atoms with E-state index in [0.29, 0.717) is 18.0 Å². The van der Waals surface area contributed by atoms with Gasteiger partial charge in [-0.3, -0.25) is 0 Å². The standard InChI is InChI=1S/C27H34ClN3O/c1-17-4-11-25-24(12-17)30-26(27(2,3)32)31(25)23-9-7-22(8-10-23)29-16-18-13-19-5-6-21(28)15-20(19)14-18/h4-6,11-12,15,18,22-23,29,32H,7-10,13-14,16H2,1-3H3/t18?,22-,23-. The Morgan fingerprint density at radius 3 is 2.56 bits per heavy atom. The van der Waals surface area contributed by atoms with Crippen LogP contribution in [0.4, 0.5) is 0 Å². The second kappa shape index (κ2) is 8.48. The Labute approximate surface area is 196 Å². The number of fused-ring (bicyclic) bond motifs is 2. The molecule has 1 unspecified atom stereocenters. The van der Waals surface area contributed by atoms with Crippen molar-refractivity contribution in [3.63, 3.8) is 0 Å². The molecular formula is C27H34ClN3O. The van der Waals surface area contributed by atoms with Gasteiger partial charge in [-0.1, -0.05) is 23.7 Å². The van der Waals surface area contributed by atoms with Gasteiger partial charge in [0.15, 0.2) is 0 Å². The van der Waals surface area contributed by atoms with Crippen molar-refractivity contribution in [3.8, 4) is 0 Å². The van der Waals surface area contributed by atoms with Crippen molar-refractivity contribution in [1.82, 2.24) is 14.9 Å². The van der Waals surface area contributed by atoms with E-state index in [4.69, 9.17) is 16.6 Å². The van der Waals surface area contributed by atoms with Crippen LogP contribution in [0.15, 0.2) is 36.4 Å². The molecule has 0 radical (unpaired) electrons. The van der Waals surface area contributed by atoms with E-state index in [1.165, 1.54) is 16.7 Å². The first kappa shape index (κ1) is 21.9. The summed E-state index contributed by atoms with van der Waals surface area (Å²) in [5.41, 5.74) is 5.27. The van der Waals surface area contributed by atoms with Crippen LogP contribution in [-0.4, -0.2) is 27.2 Å². The van der Waals surface area contributed by atoms with Crippen LogP contribution in [-0.2, 0) is 18.4 Å². The van der Waals surface area contributed by atoms with E-state index in [-0.39, 0.29) is 0 Å². The lowest BCUT2D eigenvalue weighted by atomic mass is 9.90. The number of nitrogens with zero attached hydrogens (tertiary/aromatic N) is 2. The van der Waals surface area contributed by atoms with Crippen molar-refractivity contribution in [1.29, 1.82) is 0 Å². The number of hydrogen-bond acceptors (Lipinski definition) is 3. The molecular weight excluding hydrogens is 418 g/mol. The first-order valence-corrected chi connectivity index (χ1v) is 12.4. The molecule has 0 amide bonds. The van der Waals surface area contributed by atoms with Gasteiger partial charge in [-0.05, 0) is 113 Å². The van der Waals surface area contributed by atoms with Crippen molar-refractivity contribution < 1.29 is 5.11 Å². The molecule has 170 valence electrons. The molecule has 2 aliphatic carbocycles. The Bertz CT molecular complexity index is 1120. The van der Waals surface area contributed by atoms with Crippen molar-refractivity contribution >= 4 is 22.6 Å². The summed E-state index contributed by atoms with van der Waals surface area (Å²) in [4.78, 5) is 4.84. The fourth-order valence-corrected chi connectivity index (χ4v) is 5.90. The minimum atomic E-state index is -0.956. The van der Waals surface area contributed by atoms with Crippen LogP contribution in [0.1, 0.15) is 68.1 Å². The van der Waals surface area contributed by atoms with Gasteiger partial charge in [-0.25, -0.2) is 4.98 Å². The van der Waals surface area contributed by atoms with E-state index in [1.54, 1.807) is 0 Å². The van der Waals surface area contributed by atoms with Crippen LogP contribution < -0.4 is 5.32 Å². The quantitative estimate of drug-likeness (QED) is 0.522. The smallest absolute Gasteiger partial charge is 0.141 e. The maximum atomic E-state index is 10.8. The summed E-state index contributed by atoms with van der Waals surface area (Å²) in [5.74, 6) is 1.46. The van der Waals surface area contributed by atoms with E-state index in [2.05, 4.69) is 47.1 Å². The highest BCUT2D eigenvalue weighted by molar-refractivity contribution is 6.30. The molecule has 3 aromatic rings. The Kier molecular flexibility index (Phi) is 5.81. The Balaban J connectivity index is 1.23. The highest BCUT2D eigenvalue weighted by Crippen LogP contribution is 2.36. The molecule has 0 aliphatic heterocycles. The molecule has 1 heterocycles. The number of aliphatic hydroxyl groups is 1. The number of hydrogen-bond donors (Lipinski definition) is 2. The van der Waals surface area contributed by atoms with Crippen molar-refractivity contribution in [2.75, 3.05) is 6.54 Å². The summed E-state index contributed by atoms with van der Waals surface area (Å²) in [7, 11) is 0. The Morgan fingerprint density at radius 2 is 1.81 bits per heavy atom. The highest BCUT2D eigenvalue weighted by Gasteiger charge is 2.31. The van der Waals surface area contributed by atoms with Gasteiger partial charge in [0.25, 0.3) is 0 Å². The van der Waals surface area contributed by atoms with Crippen molar-refractivity contribution in [2.24, 2.45) is 5.92 Å². The molecule has 1 aromatic heterocycles. The van der Waals surface area contributed by atoms with Crippen LogP contribution >= 0.6 is 11.6 Å². The maximum absolute atomic E-state index is 10.8. The number of aromatic nitrogens is 2. The van der Waals surface area contributed by atoms with Crippen LogP contribution in [0, 0.1) is 12.8 Å². The fourth-order valence-electron chi connectivity index (χ4n) is 5.70. The summed E-state index contributed by atoms with van der Waals surface area (Å²) < 4.78 is 2.32.